The van der Waals surface area contributed by atoms with Gasteiger partial charge in [-0.2, -0.15) is 0 Å². The van der Waals surface area contributed by atoms with Gasteiger partial charge in [0.1, 0.15) is 0 Å². The highest BCUT2D eigenvalue weighted by molar-refractivity contribution is 6.04. The van der Waals surface area contributed by atoms with Crippen molar-refractivity contribution in [2.24, 2.45) is 0 Å². The predicted molar refractivity (Wildman–Crippen MR) is 111 cm³/mol. The van der Waals surface area contributed by atoms with E-state index in [1.54, 1.807) is 37.4 Å². The lowest BCUT2D eigenvalue weighted by Crippen LogP contribution is -2.04. The molecular formula is C24H21NO3. The summed E-state index contributed by atoms with van der Waals surface area (Å²) in [6, 6.07) is 24.4. The Morgan fingerprint density at radius 3 is 2.07 bits per heavy atom. The number of anilines is 1. The highest BCUT2D eigenvalue weighted by Gasteiger charge is 2.05. The third-order valence-electron chi connectivity index (χ3n) is 4.16. The van der Waals surface area contributed by atoms with Crippen LogP contribution in [0, 0.1) is 0 Å². The first-order valence-electron chi connectivity index (χ1n) is 9.07. The molecule has 0 aliphatic carbocycles. The number of carbonyl (C=O) groups is 2. The topological polar surface area (TPSA) is 55.4 Å². The summed E-state index contributed by atoms with van der Waals surface area (Å²) in [4.78, 5) is 23.9. The highest BCUT2D eigenvalue weighted by Crippen LogP contribution is 2.19. The zero-order valence-corrected chi connectivity index (χ0v) is 15.6. The molecule has 0 amide bonds. The zero-order valence-electron chi connectivity index (χ0n) is 15.6. The highest BCUT2D eigenvalue weighted by atomic mass is 16.5. The minimum Gasteiger partial charge on any atom is -0.462 e. The van der Waals surface area contributed by atoms with Crippen molar-refractivity contribution in [3.8, 4) is 11.1 Å². The molecular weight excluding hydrogens is 350 g/mol. The van der Waals surface area contributed by atoms with Crippen molar-refractivity contribution < 1.29 is 14.3 Å². The van der Waals surface area contributed by atoms with Crippen LogP contribution >= 0.6 is 0 Å². The first-order chi connectivity index (χ1) is 13.7. The number of allylic oxidation sites excluding steroid dienone is 1. The standard InChI is InChI=1S/C24H21NO3/c1-2-28-24(27)21-12-14-22(15-13-21)25-17-16-23(26)20-10-8-19(9-11-20)18-6-4-3-5-7-18/h3-17,25H,2H2,1H3/b17-16+. The Morgan fingerprint density at radius 1 is 0.821 bits per heavy atom. The Kier molecular flexibility index (Phi) is 6.37. The Morgan fingerprint density at radius 2 is 1.43 bits per heavy atom. The fourth-order valence-corrected chi connectivity index (χ4v) is 2.68. The van der Waals surface area contributed by atoms with Crippen LogP contribution in [0.15, 0.2) is 91.1 Å². The quantitative estimate of drug-likeness (QED) is 0.346. The fourth-order valence-electron chi connectivity index (χ4n) is 2.68. The molecule has 0 bridgehead atoms. The van der Waals surface area contributed by atoms with Crippen molar-refractivity contribution in [3.05, 3.63) is 102 Å². The van der Waals surface area contributed by atoms with Gasteiger partial charge in [-0.15, -0.1) is 0 Å². The number of esters is 1. The first-order valence-corrected chi connectivity index (χ1v) is 9.07. The number of nitrogens with one attached hydrogen (secondary N) is 1. The van der Waals surface area contributed by atoms with E-state index in [0.29, 0.717) is 17.7 Å². The Balaban J connectivity index is 1.58. The third-order valence-corrected chi connectivity index (χ3v) is 4.16. The molecule has 0 saturated carbocycles. The molecule has 3 aromatic rings. The zero-order chi connectivity index (χ0) is 19.8. The normalized spacial score (nSPS) is 10.6. The smallest absolute Gasteiger partial charge is 0.338 e. The molecule has 0 unspecified atom stereocenters. The summed E-state index contributed by atoms with van der Waals surface area (Å²) in [6.07, 6.45) is 3.07. The summed E-state index contributed by atoms with van der Waals surface area (Å²) in [5.74, 6) is -0.436. The molecule has 0 atom stereocenters. The van der Waals surface area contributed by atoms with Gasteiger partial charge in [0, 0.05) is 23.5 Å². The van der Waals surface area contributed by atoms with Crippen molar-refractivity contribution in [1.82, 2.24) is 0 Å². The maximum Gasteiger partial charge on any atom is 0.338 e. The van der Waals surface area contributed by atoms with Gasteiger partial charge >= 0.3 is 5.97 Å². The van der Waals surface area contributed by atoms with Gasteiger partial charge in [0.25, 0.3) is 0 Å². The van der Waals surface area contributed by atoms with E-state index in [0.717, 1.165) is 16.8 Å². The molecule has 140 valence electrons. The van der Waals surface area contributed by atoms with Crippen LogP contribution in [0.4, 0.5) is 5.69 Å². The summed E-state index contributed by atoms with van der Waals surface area (Å²) in [6.45, 7) is 2.11. The van der Waals surface area contributed by atoms with Gasteiger partial charge in [0.15, 0.2) is 5.78 Å². The Labute approximate surface area is 164 Å². The molecule has 0 aromatic heterocycles. The number of carbonyl (C=O) groups excluding carboxylic acids is 2. The number of ether oxygens (including phenoxy) is 1. The molecule has 0 radical (unpaired) electrons. The van der Waals surface area contributed by atoms with Gasteiger partial charge in [-0.05, 0) is 42.3 Å². The molecule has 0 aliphatic rings. The van der Waals surface area contributed by atoms with Crippen LogP contribution in [0.25, 0.3) is 11.1 Å². The number of ketones is 1. The van der Waals surface area contributed by atoms with E-state index < -0.39 is 0 Å². The Hall–Kier alpha value is -3.66. The summed E-state index contributed by atoms with van der Waals surface area (Å²) in [5, 5.41) is 3.03. The number of benzene rings is 3. The second-order valence-corrected chi connectivity index (χ2v) is 6.08. The van der Waals surface area contributed by atoms with Gasteiger partial charge < -0.3 is 10.1 Å². The molecule has 0 fully saturated rings. The van der Waals surface area contributed by atoms with E-state index in [9.17, 15) is 9.59 Å². The van der Waals surface area contributed by atoms with Gasteiger partial charge in [-0.3, -0.25) is 4.79 Å². The van der Waals surface area contributed by atoms with E-state index in [4.69, 9.17) is 4.74 Å². The van der Waals surface area contributed by atoms with E-state index in [-0.39, 0.29) is 11.8 Å². The van der Waals surface area contributed by atoms with Crippen molar-refractivity contribution in [2.75, 3.05) is 11.9 Å². The van der Waals surface area contributed by atoms with Gasteiger partial charge in [0.05, 0.1) is 12.2 Å². The van der Waals surface area contributed by atoms with Crippen LogP contribution in [-0.2, 0) is 4.74 Å². The van der Waals surface area contributed by atoms with Crippen LogP contribution < -0.4 is 5.32 Å². The largest absolute Gasteiger partial charge is 0.462 e. The second kappa shape index (κ2) is 9.33. The van der Waals surface area contributed by atoms with Crippen LogP contribution in [0.3, 0.4) is 0 Å². The van der Waals surface area contributed by atoms with Crippen LogP contribution in [0.1, 0.15) is 27.6 Å². The minimum atomic E-state index is -0.348. The van der Waals surface area contributed by atoms with Gasteiger partial charge in [-0.1, -0.05) is 54.6 Å². The number of rotatable bonds is 7. The molecule has 4 heteroatoms. The molecule has 3 aromatic carbocycles. The summed E-state index contributed by atoms with van der Waals surface area (Å²) >= 11 is 0. The van der Waals surface area contributed by atoms with E-state index >= 15 is 0 Å². The molecule has 3 rings (SSSR count). The first kappa shape index (κ1) is 19.1. The molecule has 4 nitrogen and oxygen atoms in total. The monoisotopic (exact) mass is 371 g/mol. The molecule has 28 heavy (non-hydrogen) atoms. The summed E-state index contributed by atoms with van der Waals surface area (Å²) < 4.78 is 4.95. The van der Waals surface area contributed by atoms with E-state index in [2.05, 4.69) is 5.32 Å². The fraction of sp³-hybridized carbons (Fsp3) is 0.0833. The minimum absolute atomic E-state index is 0.0877. The SMILES string of the molecule is CCOC(=O)c1ccc(N/C=C/C(=O)c2ccc(-c3ccccc3)cc2)cc1. The van der Waals surface area contributed by atoms with Crippen LogP contribution in [0.5, 0.6) is 0 Å². The van der Waals surface area contributed by atoms with Crippen molar-refractivity contribution >= 4 is 17.4 Å². The van der Waals surface area contributed by atoms with Crippen LogP contribution in [-0.4, -0.2) is 18.4 Å². The third kappa shape index (κ3) is 4.95. The second-order valence-electron chi connectivity index (χ2n) is 6.08. The van der Waals surface area contributed by atoms with Crippen molar-refractivity contribution in [1.29, 1.82) is 0 Å². The van der Waals surface area contributed by atoms with Gasteiger partial charge in [0.2, 0.25) is 0 Å². The number of hydrogen-bond acceptors (Lipinski definition) is 4. The lowest BCUT2D eigenvalue weighted by Gasteiger charge is -2.04. The lowest BCUT2D eigenvalue weighted by molar-refractivity contribution is 0.0526. The molecule has 0 saturated heterocycles. The van der Waals surface area contributed by atoms with E-state index in [1.807, 2.05) is 54.6 Å². The predicted octanol–water partition coefficient (Wildman–Crippen LogP) is 5.34. The summed E-state index contributed by atoms with van der Waals surface area (Å²) in [5.41, 5.74) is 4.07. The van der Waals surface area contributed by atoms with Crippen molar-refractivity contribution in [3.63, 3.8) is 0 Å². The average molecular weight is 371 g/mol. The maximum atomic E-state index is 12.3. The van der Waals surface area contributed by atoms with Crippen molar-refractivity contribution in [2.45, 2.75) is 6.92 Å². The van der Waals surface area contributed by atoms with Gasteiger partial charge in [-0.25, -0.2) is 4.79 Å². The number of hydrogen-bond donors (Lipinski definition) is 1. The Bertz CT molecular complexity index is 959. The average Bonchev–Trinajstić information content (AvgIpc) is 2.75. The molecule has 0 aliphatic heterocycles. The molecule has 1 N–H and O–H groups in total. The molecule has 0 heterocycles. The van der Waals surface area contributed by atoms with E-state index in [1.165, 1.54) is 6.08 Å². The maximum absolute atomic E-state index is 12.3. The molecule has 0 spiro atoms. The van der Waals surface area contributed by atoms with Crippen LogP contribution in [0.2, 0.25) is 0 Å². The lowest BCUT2D eigenvalue weighted by atomic mass is 10.0. The summed E-state index contributed by atoms with van der Waals surface area (Å²) in [7, 11) is 0.